The Morgan fingerprint density at radius 2 is 1.73 bits per heavy atom. The van der Waals surface area contributed by atoms with Crippen LogP contribution in [0.2, 0.25) is 0 Å². The number of hydrogen-bond donors (Lipinski definition) is 1. The zero-order chi connectivity index (χ0) is 10.8. The van der Waals surface area contributed by atoms with Crippen LogP contribution in [0.3, 0.4) is 0 Å². The smallest absolute Gasteiger partial charge is 0.404 e. The summed E-state index contributed by atoms with van der Waals surface area (Å²) >= 11 is 0. The third-order valence-corrected chi connectivity index (χ3v) is 2.96. The van der Waals surface area contributed by atoms with Gasteiger partial charge in [-0.15, -0.1) is 0 Å². The quantitative estimate of drug-likeness (QED) is 0.723. The summed E-state index contributed by atoms with van der Waals surface area (Å²) in [6, 6.07) is 0. The molecule has 5 heteroatoms. The van der Waals surface area contributed by atoms with Crippen molar-refractivity contribution in [3.05, 3.63) is 0 Å². The molecule has 84 valence electrons. The number of primary amides is 1. The Morgan fingerprint density at radius 3 is 2.20 bits per heavy atom. The van der Waals surface area contributed by atoms with E-state index in [-0.39, 0.29) is 17.9 Å². The van der Waals surface area contributed by atoms with Gasteiger partial charge in [-0.1, -0.05) is 0 Å². The Hall–Kier alpha value is -1.26. The highest BCUT2D eigenvalue weighted by Crippen LogP contribution is 2.32. The van der Waals surface area contributed by atoms with Crippen molar-refractivity contribution >= 4 is 12.0 Å². The van der Waals surface area contributed by atoms with E-state index in [9.17, 15) is 9.59 Å². The number of carbonyl (C=O) groups excluding carboxylic acids is 2. The van der Waals surface area contributed by atoms with Crippen LogP contribution in [-0.2, 0) is 9.53 Å². The van der Waals surface area contributed by atoms with Gasteiger partial charge in [-0.3, -0.25) is 4.79 Å². The molecule has 2 amide bonds. The average molecular weight is 212 g/mol. The highest BCUT2D eigenvalue weighted by atomic mass is 16.6. The van der Waals surface area contributed by atoms with Gasteiger partial charge in [0.25, 0.3) is 0 Å². The van der Waals surface area contributed by atoms with Crippen molar-refractivity contribution in [2.45, 2.75) is 31.8 Å². The normalized spacial score (nSPS) is 22.5. The lowest BCUT2D eigenvalue weighted by Gasteiger charge is -2.31. The fourth-order valence-corrected chi connectivity index (χ4v) is 1.95. The van der Waals surface area contributed by atoms with Crippen LogP contribution >= 0.6 is 0 Å². The molecular formula is C10H16N2O3. The maximum atomic E-state index is 11.7. The van der Waals surface area contributed by atoms with Crippen LogP contribution < -0.4 is 5.73 Å². The highest BCUT2D eigenvalue weighted by Gasteiger charge is 2.35. The van der Waals surface area contributed by atoms with Crippen LogP contribution in [0.4, 0.5) is 4.79 Å². The van der Waals surface area contributed by atoms with Crippen LogP contribution in [-0.4, -0.2) is 36.1 Å². The third kappa shape index (κ3) is 2.61. The third-order valence-electron chi connectivity index (χ3n) is 2.96. The van der Waals surface area contributed by atoms with Crippen LogP contribution in [0.15, 0.2) is 0 Å². The van der Waals surface area contributed by atoms with Crippen molar-refractivity contribution in [3.8, 4) is 0 Å². The van der Waals surface area contributed by atoms with E-state index in [1.165, 1.54) is 0 Å². The number of amides is 2. The molecule has 1 saturated carbocycles. The van der Waals surface area contributed by atoms with E-state index in [1.54, 1.807) is 0 Å². The number of nitrogens with two attached hydrogens (primary N) is 1. The number of rotatable bonds is 2. The Bertz CT molecular complexity index is 268. The first-order chi connectivity index (χ1) is 7.16. The molecule has 2 fully saturated rings. The molecule has 2 N–H and O–H groups in total. The van der Waals surface area contributed by atoms with E-state index in [1.807, 2.05) is 4.90 Å². The van der Waals surface area contributed by atoms with Crippen LogP contribution in [0.5, 0.6) is 0 Å². The van der Waals surface area contributed by atoms with Crippen LogP contribution in [0, 0.1) is 5.92 Å². The van der Waals surface area contributed by atoms with E-state index in [2.05, 4.69) is 0 Å². The fraction of sp³-hybridized carbons (Fsp3) is 0.800. The van der Waals surface area contributed by atoms with Crippen molar-refractivity contribution in [2.24, 2.45) is 11.7 Å². The lowest BCUT2D eigenvalue weighted by Crippen LogP contribution is -2.42. The molecule has 0 aromatic carbocycles. The second-order valence-electron chi connectivity index (χ2n) is 4.24. The van der Waals surface area contributed by atoms with Crippen molar-refractivity contribution in [1.29, 1.82) is 0 Å². The first-order valence-corrected chi connectivity index (χ1v) is 5.41. The minimum absolute atomic E-state index is 0.106. The maximum Gasteiger partial charge on any atom is 0.404 e. The summed E-state index contributed by atoms with van der Waals surface area (Å²) in [5.74, 6) is 0.547. The molecule has 2 rings (SSSR count). The average Bonchev–Trinajstić information content (AvgIpc) is 3.00. The standard InChI is InChI=1S/C10H16N2O3/c11-10(14)15-8-3-5-12(6-4-8)9(13)7-1-2-7/h7-8H,1-6H2,(H2,11,14). The second-order valence-corrected chi connectivity index (χ2v) is 4.24. The molecule has 5 nitrogen and oxygen atoms in total. The molecule has 0 unspecified atom stereocenters. The SMILES string of the molecule is NC(=O)OC1CCN(C(=O)C2CC2)CC1. The monoisotopic (exact) mass is 212 g/mol. The molecule has 1 heterocycles. The van der Waals surface area contributed by atoms with Gasteiger partial charge in [0.2, 0.25) is 5.91 Å². The predicted octanol–water partition coefficient (Wildman–Crippen LogP) is 0.483. The molecule has 0 radical (unpaired) electrons. The molecule has 2 aliphatic rings. The first kappa shape index (κ1) is 10.3. The second kappa shape index (κ2) is 4.08. The highest BCUT2D eigenvalue weighted by molar-refractivity contribution is 5.81. The van der Waals surface area contributed by atoms with E-state index < -0.39 is 6.09 Å². The molecule has 0 aromatic heterocycles. The summed E-state index contributed by atoms with van der Waals surface area (Å²) < 4.78 is 4.90. The van der Waals surface area contributed by atoms with Gasteiger partial charge < -0.3 is 15.4 Å². The van der Waals surface area contributed by atoms with Gasteiger partial charge in [-0.2, -0.15) is 0 Å². The molecule has 0 aromatic rings. The topological polar surface area (TPSA) is 72.6 Å². The Kier molecular flexibility index (Phi) is 2.79. The summed E-state index contributed by atoms with van der Waals surface area (Å²) in [6.07, 6.45) is 2.67. The molecule has 15 heavy (non-hydrogen) atoms. The van der Waals surface area contributed by atoms with E-state index >= 15 is 0 Å². The van der Waals surface area contributed by atoms with Gasteiger partial charge in [-0.25, -0.2) is 4.79 Å². The fourth-order valence-electron chi connectivity index (χ4n) is 1.95. The van der Waals surface area contributed by atoms with Gasteiger partial charge in [-0.05, 0) is 12.8 Å². The first-order valence-electron chi connectivity index (χ1n) is 5.41. The predicted molar refractivity (Wildman–Crippen MR) is 53.0 cm³/mol. The van der Waals surface area contributed by atoms with Crippen molar-refractivity contribution in [1.82, 2.24) is 4.90 Å². The minimum atomic E-state index is -0.720. The molecular weight excluding hydrogens is 196 g/mol. The maximum absolute atomic E-state index is 11.7. The minimum Gasteiger partial charge on any atom is -0.446 e. The number of ether oxygens (including phenoxy) is 1. The van der Waals surface area contributed by atoms with Crippen LogP contribution in [0.25, 0.3) is 0 Å². The van der Waals surface area contributed by atoms with Gasteiger partial charge in [0.05, 0.1) is 0 Å². The van der Waals surface area contributed by atoms with Crippen LogP contribution in [0.1, 0.15) is 25.7 Å². The molecule has 1 aliphatic heterocycles. The number of carbonyl (C=O) groups is 2. The summed E-state index contributed by atoms with van der Waals surface area (Å²) in [6.45, 7) is 1.38. The summed E-state index contributed by atoms with van der Waals surface area (Å²) in [7, 11) is 0. The summed E-state index contributed by atoms with van der Waals surface area (Å²) in [5, 5.41) is 0. The van der Waals surface area contributed by atoms with Crippen molar-refractivity contribution < 1.29 is 14.3 Å². The van der Waals surface area contributed by atoms with Crippen molar-refractivity contribution in [3.63, 3.8) is 0 Å². The molecule has 0 bridgehead atoms. The Morgan fingerprint density at radius 1 is 1.13 bits per heavy atom. The Balaban J connectivity index is 1.76. The molecule has 1 aliphatic carbocycles. The molecule has 1 saturated heterocycles. The van der Waals surface area contributed by atoms with E-state index in [4.69, 9.17) is 10.5 Å². The number of piperidine rings is 1. The Labute approximate surface area is 88.5 Å². The molecule has 0 spiro atoms. The summed E-state index contributed by atoms with van der Waals surface area (Å²) in [4.78, 5) is 24.1. The van der Waals surface area contributed by atoms with E-state index in [0.29, 0.717) is 25.9 Å². The largest absolute Gasteiger partial charge is 0.446 e. The lowest BCUT2D eigenvalue weighted by molar-refractivity contribution is -0.134. The number of nitrogens with zero attached hydrogens (tertiary/aromatic N) is 1. The van der Waals surface area contributed by atoms with Gasteiger partial charge in [0.15, 0.2) is 0 Å². The van der Waals surface area contributed by atoms with Crippen molar-refractivity contribution in [2.75, 3.05) is 13.1 Å². The zero-order valence-corrected chi connectivity index (χ0v) is 8.65. The van der Waals surface area contributed by atoms with E-state index in [0.717, 1.165) is 12.8 Å². The van der Waals surface area contributed by atoms with Gasteiger partial charge >= 0.3 is 6.09 Å². The van der Waals surface area contributed by atoms with Gasteiger partial charge in [0, 0.05) is 31.8 Å². The lowest BCUT2D eigenvalue weighted by atomic mass is 10.1. The number of hydrogen-bond acceptors (Lipinski definition) is 3. The zero-order valence-electron chi connectivity index (χ0n) is 8.65. The summed E-state index contributed by atoms with van der Waals surface area (Å²) in [5.41, 5.74) is 4.93. The van der Waals surface area contributed by atoms with Gasteiger partial charge in [0.1, 0.15) is 6.10 Å². The molecule has 0 atom stereocenters. The number of likely N-dealkylation sites (tertiary alicyclic amines) is 1.